The number of benzene rings is 2. The van der Waals surface area contributed by atoms with Crippen molar-refractivity contribution in [2.24, 2.45) is 0 Å². The van der Waals surface area contributed by atoms with Crippen LogP contribution in [0.15, 0.2) is 42.5 Å². The third kappa shape index (κ3) is 6.99. The summed E-state index contributed by atoms with van der Waals surface area (Å²) in [6.45, 7) is 0.323. The molecule has 1 amide bonds. The van der Waals surface area contributed by atoms with Gasteiger partial charge in [-0.15, -0.1) is 0 Å². The number of nitrogens with one attached hydrogen (secondary N) is 2. The molecule has 0 bridgehead atoms. The maximum absolute atomic E-state index is 12.0. The van der Waals surface area contributed by atoms with Gasteiger partial charge in [-0.25, -0.2) is 4.79 Å². The summed E-state index contributed by atoms with van der Waals surface area (Å²) in [5, 5.41) is 6.56. The molecule has 0 radical (unpaired) electrons. The average Bonchev–Trinajstić information content (AvgIpc) is 2.66. The number of esters is 1. The van der Waals surface area contributed by atoms with Crippen LogP contribution in [0.2, 0.25) is 10.0 Å². The van der Waals surface area contributed by atoms with E-state index in [0.717, 1.165) is 0 Å². The molecule has 0 aliphatic heterocycles. The van der Waals surface area contributed by atoms with Crippen molar-refractivity contribution in [1.29, 1.82) is 0 Å². The van der Waals surface area contributed by atoms with Gasteiger partial charge in [-0.2, -0.15) is 0 Å². The summed E-state index contributed by atoms with van der Waals surface area (Å²) in [4.78, 5) is 23.3. The first kappa shape index (κ1) is 21.9. The van der Waals surface area contributed by atoms with Crippen LogP contribution in [-0.2, 0) is 9.53 Å². The fourth-order valence-corrected chi connectivity index (χ4v) is 2.86. The molecule has 0 atom stereocenters. The van der Waals surface area contributed by atoms with Crippen LogP contribution >= 0.6 is 35.4 Å². The van der Waals surface area contributed by atoms with Gasteiger partial charge in [-0.05, 0) is 61.1 Å². The molecule has 9 heteroatoms. The largest absolute Gasteiger partial charge is 0.492 e. The Morgan fingerprint density at radius 2 is 1.82 bits per heavy atom. The van der Waals surface area contributed by atoms with Crippen LogP contribution in [-0.4, -0.2) is 30.7 Å². The number of thiocarbonyl (C=S) groups is 1. The van der Waals surface area contributed by atoms with Crippen LogP contribution in [0.4, 0.5) is 5.69 Å². The van der Waals surface area contributed by atoms with Gasteiger partial charge in [0.25, 0.3) is 0 Å². The number of anilines is 1. The molecule has 2 N–H and O–H groups in total. The van der Waals surface area contributed by atoms with E-state index in [1.807, 2.05) is 0 Å². The third-order valence-corrected chi connectivity index (χ3v) is 4.25. The van der Waals surface area contributed by atoms with Crippen LogP contribution in [0.5, 0.6) is 5.75 Å². The number of ether oxygens (including phenoxy) is 2. The first-order valence-electron chi connectivity index (χ1n) is 8.26. The van der Waals surface area contributed by atoms with Crippen LogP contribution in [0.25, 0.3) is 0 Å². The summed E-state index contributed by atoms with van der Waals surface area (Å²) in [5.41, 5.74) is 1.06. The summed E-state index contributed by atoms with van der Waals surface area (Å²) in [6.07, 6.45) is 0.718. The number of halogens is 2. The fourth-order valence-electron chi connectivity index (χ4n) is 2.17. The van der Waals surface area contributed by atoms with Gasteiger partial charge in [0, 0.05) is 17.1 Å². The van der Waals surface area contributed by atoms with E-state index in [1.54, 1.807) is 42.5 Å². The number of amides is 1. The molecule has 2 aromatic rings. The van der Waals surface area contributed by atoms with Gasteiger partial charge in [0.1, 0.15) is 5.75 Å². The Kier molecular flexibility index (Phi) is 8.50. The number of carbonyl (C=O) groups is 2. The number of methoxy groups -OCH3 is 1. The molecule has 0 unspecified atom stereocenters. The number of hydrogen-bond donors (Lipinski definition) is 2. The Hall–Kier alpha value is -2.35. The lowest BCUT2D eigenvalue weighted by Gasteiger charge is -2.11. The minimum atomic E-state index is -0.426. The van der Waals surface area contributed by atoms with Crippen LogP contribution < -0.4 is 15.4 Å². The molecule has 2 aromatic carbocycles. The summed E-state index contributed by atoms with van der Waals surface area (Å²) in [7, 11) is 1.31. The molecule has 0 aromatic heterocycles. The molecule has 0 heterocycles. The summed E-state index contributed by atoms with van der Waals surface area (Å²) >= 11 is 16.9. The van der Waals surface area contributed by atoms with E-state index in [2.05, 4.69) is 15.4 Å². The van der Waals surface area contributed by atoms with E-state index < -0.39 is 5.97 Å². The second-order valence-corrected chi connectivity index (χ2v) is 6.85. The molecule has 148 valence electrons. The SMILES string of the molecule is COC(=O)c1ccc(NC(=S)NC(=O)CCCOc2ccc(Cl)cc2Cl)cc1. The standard InChI is InChI=1S/C19H18Cl2N2O4S/c1-26-18(25)12-4-7-14(8-5-12)22-19(28)23-17(24)3-2-10-27-16-9-6-13(20)11-15(16)21/h4-9,11H,2-3,10H2,1H3,(H2,22,23,24,28). The number of rotatable bonds is 7. The lowest BCUT2D eigenvalue weighted by Crippen LogP contribution is -2.34. The highest BCUT2D eigenvalue weighted by Gasteiger charge is 2.08. The van der Waals surface area contributed by atoms with Crippen molar-refractivity contribution in [2.75, 3.05) is 19.0 Å². The zero-order valence-corrected chi connectivity index (χ0v) is 17.3. The first-order valence-corrected chi connectivity index (χ1v) is 9.42. The summed E-state index contributed by atoms with van der Waals surface area (Å²) in [5.74, 6) is -0.155. The molecule has 0 fully saturated rings. The van der Waals surface area contributed by atoms with Gasteiger partial charge in [0.2, 0.25) is 5.91 Å². The molecule has 6 nitrogen and oxygen atoms in total. The number of carbonyl (C=O) groups excluding carboxylic acids is 2. The molecular formula is C19H18Cl2N2O4S. The topological polar surface area (TPSA) is 76.7 Å². The van der Waals surface area contributed by atoms with Gasteiger partial charge < -0.3 is 20.1 Å². The van der Waals surface area contributed by atoms with Crippen molar-refractivity contribution in [3.63, 3.8) is 0 Å². The van der Waals surface area contributed by atoms with Crippen LogP contribution in [0.1, 0.15) is 23.2 Å². The molecule has 28 heavy (non-hydrogen) atoms. The minimum Gasteiger partial charge on any atom is -0.492 e. The monoisotopic (exact) mass is 440 g/mol. The van der Waals surface area contributed by atoms with E-state index in [4.69, 9.17) is 40.2 Å². The van der Waals surface area contributed by atoms with Crippen LogP contribution in [0.3, 0.4) is 0 Å². The summed E-state index contributed by atoms with van der Waals surface area (Å²) < 4.78 is 10.2. The van der Waals surface area contributed by atoms with E-state index in [1.165, 1.54) is 7.11 Å². The first-order chi connectivity index (χ1) is 13.4. The Morgan fingerprint density at radius 3 is 2.46 bits per heavy atom. The zero-order valence-electron chi connectivity index (χ0n) is 15.0. The smallest absolute Gasteiger partial charge is 0.337 e. The highest BCUT2D eigenvalue weighted by atomic mass is 35.5. The van der Waals surface area contributed by atoms with Crippen molar-refractivity contribution in [3.05, 3.63) is 58.1 Å². The quantitative estimate of drug-likeness (QED) is 0.376. The van der Waals surface area contributed by atoms with Crippen molar-refractivity contribution in [3.8, 4) is 5.75 Å². The highest BCUT2D eigenvalue weighted by molar-refractivity contribution is 7.80. The Bertz CT molecular complexity index is 860. The molecular weight excluding hydrogens is 423 g/mol. The van der Waals surface area contributed by atoms with Gasteiger partial charge in [-0.3, -0.25) is 4.79 Å². The molecule has 0 aliphatic rings. The van der Waals surface area contributed by atoms with Crippen molar-refractivity contribution < 1.29 is 19.1 Å². The molecule has 0 spiro atoms. The van der Waals surface area contributed by atoms with E-state index in [0.29, 0.717) is 40.1 Å². The van der Waals surface area contributed by atoms with Crippen molar-refractivity contribution in [1.82, 2.24) is 5.32 Å². The summed E-state index contributed by atoms with van der Waals surface area (Å²) in [6, 6.07) is 11.5. The maximum atomic E-state index is 12.0. The van der Waals surface area contributed by atoms with Gasteiger partial charge in [0.05, 0.1) is 24.3 Å². The fraction of sp³-hybridized carbons (Fsp3) is 0.211. The van der Waals surface area contributed by atoms with Gasteiger partial charge in [0.15, 0.2) is 5.11 Å². The second-order valence-electron chi connectivity index (χ2n) is 5.60. The van der Waals surface area contributed by atoms with E-state index >= 15 is 0 Å². The Balaban J connectivity index is 1.70. The second kappa shape index (κ2) is 10.8. The predicted molar refractivity (Wildman–Crippen MR) is 113 cm³/mol. The minimum absolute atomic E-state index is 0.164. The number of hydrogen-bond acceptors (Lipinski definition) is 5. The maximum Gasteiger partial charge on any atom is 0.337 e. The molecule has 0 saturated carbocycles. The Morgan fingerprint density at radius 1 is 1.11 bits per heavy atom. The molecule has 0 saturated heterocycles. The van der Waals surface area contributed by atoms with E-state index in [9.17, 15) is 9.59 Å². The third-order valence-electron chi connectivity index (χ3n) is 3.52. The highest BCUT2D eigenvalue weighted by Crippen LogP contribution is 2.27. The normalized spacial score (nSPS) is 10.1. The molecule has 0 aliphatic carbocycles. The van der Waals surface area contributed by atoms with Crippen LogP contribution in [0, 0.1) is 0 Å². The van der Waals surface area contributed by atoms with Crippen molar-refractivity contribution in [2.45, 2.75) is 12.8 Å². The Labute approximate surface area is 178 Å². The average molecular weight is 441 g/mol. The van der Waals surface area contributed by atoms with E-state index in [-0.39, 0.29) is 17.4 Å². The van der Waals surface area contributed by atoms with Crippen molar-refractivity contribution >= 4 is 58.1 Å². The van der Waals surface area contributed by atoms with Gasteiger partial charge >= 0.3 is 5.97 Å². The van der Waals surface area contributed by atoms with Gasteiger partial charge in [-0.1, -0.05) is 23.2 Å². The lowest BCUT2D eigenvalue weighted by atomic mass is 10.2. The lowest BCUT2D eigenvalue weighted by molar-refractivity contribution is -0.119. The molecule has 2 rings (SSSR count). The predicted octanol–water partition coefficient (Wildman–Crippen LogP) is 4.45. The zero-order chi connectivity index (χ0) is 20.5.